The lowest BCUT2D eigenvalue weighted by Crippen LogP contribution is -2.42. The Morgan fingerprint density at radius 1 is 1.33 bits per heavy atom. The van der Waals surface area contributed by atoms with Gasteiger partial charge in [-0.25, -0.2) is 0 Å². The van der Waals surface area contributed by atoms with Gasteiger partial charge in [-0.3, -0.25) is 9.69 Å². The van der Waals surface area contributed by atoms with Gasteiger partial charge in [-0.1, -0.05) is 36.7 Å². The predicted octanol–water partition coefficient (Wildman–Crippen LogP) is 3.08. The summed E-state index contributed by atoms with van der Waals surface area (Å²) in [5, 5.41) is 2.93. The first kappa shape index (κ1) is 18.1. The molecule has 0 bridgehead atoms. The van der Waals surface area contributed by atoms with Crippen molar-refractivity contribution in [2.45, 2.75) is 27.2 Å². The number of halogens is 1. The summed E-state index contributed by atoms with van der Waals surface area (Å²) >= 11 is 3.38. The van der Waals surface area contributed by atoms with Crippen LogP contribution in [-0.4, -0.2) is 37.0 Å². The second kappa shape index (κ2) is 8.51. The normalized spacial score (nSPS) is 11.7. The zero-order chi connectivity index (χ0) is 15.9. The third-order valence-electron chi connectivity index (χ3n) is 3.24. The van der Waals surface area contributed by atoms with E-state index in [1.807, 2.05) is 24.3 Å². The molecule has 0 aromatic heterocycles. The summed E-state index contributed by atoms with van der Waals surface area (Å²) in [7, 11) is 0. The van der Waals surface area contributed by atoms with Gasteiger partial charge in [0.05, 0.1) is 6.54 Å². The van der Waals surface area contributed by atoms with E-state index < -0.39 is 0 Å². The number of anilines is 1. The van der Waals surface area contributed by atoms with Crippen LogP contribution in [0.15, 0.2) is 28.7 Å². The van der Waals surface area contributed by atoms with Crippen LogP contribution >= 0.6 is 15.9 Å². The molecule has 21 heavy (non-hydrogen) atoms. The maximum atomic E-state index is 12.2. The van der Waals surface area contributed by atoms with Gasteiger partial charge in [-0.15, -0.1) is 0 Å². The summed E-state index contributed by atoms with van der Waals surface area (Å²) in [6.45, 7) is 9.11. The number of hydrogen-bond acceptors (Lipinski definition) is 3. The Labute approximate surface area is 136 Å². The van der Waals surface area contributed by atoms with Crippen LogP contribution in [0.4, 0.5) is 5.69 Å². The second-order valence-corrected chi connectivity index (χ2v) is 7.05. The maximum absolute atomic E-state index is 12.2. The van der Waals surface area contributed by atoms with Crippen molar-refractivity contribution in [3.05, 3.63) is 28.7 Å². The van der Waals surface area contributed by atoms with Crippen LogP contribution < -0.4 is 11.1 Å². The summed E-state index contributed by atoms with van der Waals surface area (Å²) in [4.78, 5) is 14.3. The molecule has 4 nitrogen and oxygen atoms in total. The lowest BCUT2D eigenvalue weighted by molar-refractivity contribution is -0.117. The van der Waals surface area contributed by atoms with Gasteiger partial charge in [0.2, 0.25) is 5.91 Å². The molecule has 0 atom stereocenters. The molecule has 3 N–H and O–H groups in total. The van der Waals surface area contributed by atoms with Crippen molar-refractivity contribution in [1.82, 2.24) is 4.90 Å². The standard InChI is InChI=1S/C16H26BrN3O/c1-4-9-20(12-16(2,3)11-18)10-15(21)19-14-7-5-13(17)6-8-14/h5-8H,4,9-12,18H2,1-3H3,(H,19,21). The van der Waals surface area contributed by atoms with Gasteiger partial charge < -0.3 is 11.1 Å². The van der Waals surface area contributed by atoms with Crippen LogP contribution in [0.2, 0.25) is 0 Å². The van der Waals surface area contributed by atoms with Gasteiger partial charge in [-0.2, -0.15) is 0 Å². The summed E-state index contributed by atoms with van der Waals surface area (Å²) in [5.74, 6) is 0.0126. The molecule has 0 aliphatic carbocycles. The molecule has 0 saturated carbocycles. The molecule has 1 aromatic rings. The van der Waals surface area contributed by atoms with Gasteiger partial charge in [-0.05, 0) is 49.2 Å². The third kappa shape index (κ3) is 7.07. The fourth-order valence-electron chi connectivity index (χ4n) is 2.14. The first-order chi connectivity index (χ1) is 9.86. The van der Waals surface area contributed by atoms with E-state index in [9.17, 15) is 4.79 Å². The topological polar surface area (TPSA) is 58.4 Å². The van der Waals surface area contributed by atoms with E-state index in [-0.39, 0.29) is 11.3 Å². The average molecular weight is 356 g/mol. The SMILES string of the molecule is CCCN(CC(=O)Nc1ccc(Br)cc1)CC(C)(C)CN. The molecule has 0 saturated heterocycles. The Kier molecular flexibility index (Phi) is 7.35. The van der Waals surface area contributed by atoms with Crippen LogP contribution in [0, 0.1) is 5.41 Å². The minimum Gasteiger partial charge on any atom is -0.330 e. The van der Waals surface area contributed by atoms with E-state index in [2.05, 4.69) is 46.9 Å². The molecule has 0 aliphatic rings. The van der Waals surface area contributed by atoms with Crippen molar-refractivity contribution in [1.29, 1.82) is 0 Å². The highest BCUT2D eigenvalue weighted by Crippen LogP contribution is 2.16. The van der Waals surface area contributed by atoms with E-state index in [1.54, 1.807) is 0 Å². The maximum Gasteiger partial charge on any atom is 0.238 e. The third-order valence-corrected chi connectivity index (χ3v) is 3.77. The number of nitrogens with zero attached hydrogens (tertiary/aromatic N) is 1. The van der Waals surface area contributed by atoms with Crippen LogP contribution in [0.3, 0.4) is 0 Å². The summed E-state index contributed by atoms with van der Waals surface area (Å²) in [6, 6.07) is 7.60. The molecule has 0 spiro atoms. The van der Waals surface area contributed by atoms with Gasteiger partial charge in [0.15, 0.2) is 0 Å². The van der Waals surface area contributed by atoms with Crippen molar-refractivity contribution >= 4 is 27.5 Å². The van der Waals surface area contributed by atoms with Crippen molar-refractivity contribution in [3.63, 3.8) is 0 Å². The number of amides is 1. The molecule has 0 aliphatic heterocycles. The Bertz CT molecular complexity index is 445. The number of nitrogens with one attached hydrogen (secondary N) is 1. The van der Waals surface area contributed by atoms with Gasteiger partial charge in [0, 0.05) is 16.7 Å². The van der Waals surface area contributed by atoms with Crippen LogP contribution in [0.1, 0.15) is 27.2 Å². The van der Waals surface area contributed by atoms with E-state index in [0.29, 0.717) is 13.1 Å². The van der Waals surface area contributed by atoms with E-state index in [0.717, 1.165) is 29.7 Å². The molecular weight excluding hydrogens is 330 g/mol. The number of nitrogens with two attached hydrogens (primary N) is 1. The first-order valence-electron chi connectivity index (χ1n) is 7.34. The minimum absolute atomic E-state index is 0.0126. The van der Waals surface area contributed by atoms with Crippen molar-refractivity contribution < 1.29 is 4.79 Å². The number of carbonyl (C=O) groups is 1. The van der Waals surface area contributed by atoms with Crippen LogP contribution in [0.5, 0.6) is 0 Å². The zero-order valence-electron chi connectivity index (χ0n) is 13.2. The van der Waals surface area contributed by atoms with Gasteiger partial charge in [0.25, 0.3) is 0 Å². The monoisotopic (exact) mass is 355 g/mol. The highest BCUT2D eigenvalue weighted by atomic mass is 79.9. The molecule has 118 valence electrons. The highest BCUT2D eigenvalue weighted by Gasteiger charge is 2.21. The predicted molar refractivity (Wildman–Crippen MR) is 92.3 cm³/mol. The fraction of sp³-hybridized carbons (Fsp3) is 0.562. The van der Waals surface area contributed by atoms with E-state index in [4.69, 9.17) is 5.73 Å². The smallest absolute Gasteiger partial charge is 0.238 e. The average Bonchev–Trinajstić information content (AvgIpc) is 2.41. The molecular formula is C16H26BrN3O. The Hall–Kier alpha value is -0.910. The molecule has 1 rings (SSSR count). The van der Waals surface area contributed by atoms with Gasteiger partial charge >= 0.3 is 0 Å². The lowest BCUT2D eigenvalue weighted by atomic mass is 9.93. The van der Waals surface area contributed by atoms with Crippen molar-refractivity contribution in [2.75, 3.05) is 31.5 Å². The number of carbonyl (C=O) groups excluding carboxylic acids is 1. The van der Waals surface area contributed by atoms with Crippen LogP contribution in [0.25, 0.3) is 0 Å². The zero-order valence-corrected chi connectivity index (χ0v) is 14.7. The van der Waals surface area contributed by atoms with E-state index >= 15 is 0 Å². The van der Waals surface area contributed by atoms with Crippen molar-refractivity contribution in [3.8, 4) is 0 Å². The fourth-order valence-corrected chi connectivity index (χ4v) is 2.40. The lowest BCUT2D eigenvalue weighted by Gasteiger charge is -2.31. The Balaban J connectivity index is 2.57. The largest absolute Gasteiger partial charge is 0.330 e. The quantitative estimate of drug-likeness (QED) is 0.753. The Morgan fingerprint density at radius 2 is 1.95 bits per heavy atom. The number of hydrogen-bond donors (Lipinski definition) is 2. The number of benzene rings is 1. The molecule has 5 heteroatoms. The molecule has 0 fully saturated rings. The minimum atomic E-state index is 0.0126. The summed E-state index contributed by atoms with van der Waals surface area (Å²) in [6.07, 6.45) is 1.02. The van der Waals surface area contributed by atoms with Crippen molar-refractivity contribution in [2.24, 2.45) is 11.1 Å². The number of rotatable bonds is 8. The second-order valence-electron chi connectivity index (χ2n) is 6.13. The Morgan fingerprint density at radius 3 is 2.48 bits per heavy atom. The summed E-state index contributed by atoms with van der Waals surface area (Å²) < 4.78 is 0.998. The molecule has 0 radical (unpaired) electrons. The molecule has 0 unspecified atom stereocenters. The molecule has 1 aromatic carbocycles. The molecule has 0 heterocycles. The van der Waals surface area contributed by atoms with Gasteiger partial charge in [0.1, 0.15) is 0 Å². The van der Waals surface area contributed by atoms with E-state index in [1.165, 1.54) is 0 Å². The van der Waals surface area contributed by atoms with Crippen LogP contribution in [-0.2, 0) is 4.79 Å². The highest BCUT2D eigenvalue weighted by molar-refractivity contribution is 9.10. The summed E-state index contributed by atoms with van der Waals surface area (Å²) in [5.41, 5.74) is 6.63. The first-order valence-corrected chi connectivity index (χ1v) is 8.13. The molecule has 1 amide bonds.